The van der Waals surface area contributed by atoms with Gasteiger partial charge in [-0.1, -0.05) is 48.5 Å². The van der Waals surface area contributed by atoms with Gasteiger partial charge < -0.3 is 15.2 Å². The number of anilines is 1. The zero-order valence-electron chi connectivity index (χ0n) is 19.4. The minimum atomic E-state index is -0.857. The molecule has 1 aromatic heterocycles. The zero-order chi connectivity index (χ0) is 24.8. The maximum atomic E-state index is 12.4. The molecule has 1 atom stereocenters. The number of amides is 2. The number of nitrogens with zero attached hydrogens (tertiary/aromatic N) is 1. The Morgan fingerprint density at radius 2 is 1.66 bits per heavy atom. The predicted octanol–water partition coefficient (Wildman–Crippen LogP) is 4.82. The number of hydrogen-bond acceptors (Lipinski definition) is 5. The second-order valence-corrected chi connectivity index (χ2v) is 8.54. The van der Waals surface area contributed by atoms with Crippen LogP contribution < -0.4 is 10.6 Å². The van der Waals surface area contributed by atoms with E-state index in [0.29, 0.717) is 18.5 Å². The molecule has 3 N–H and O–H groups in total. The van der Waals surface area contributed by atoms with E-state index in [9.17, 15) is 14.4 Å². The molecule has 0 saturated heterocycles. The van der Waals surface area contributed by atoms with Crippen LogP contribution in [0.1, 0.15) is 53.7 Å². The van der Waals surface area contributed by atoms with Crippen LogP contribution in [-0.2, 0) is 9.53 Å². The van der Waals surface area contributed by atoms with E-state index in [1.165, 1.54) is 12.3 Å². The number of carboxylic acids is 1. The Balaban J connectivity index is 1.29. The van der Waals surface area contributed by atoms with Crippen molar-refractivity contribution in [3.8, 4) is 11.1 Å². The highest BCUT2D eigenvalue weighted by atomic mass is 16.5. The van der Waals surface area contributed by atoms with Crippen LogP contribution in [0.15, 0.2) is 66.9 Å². The lowest BCUT2D eigenvalue weighted by Gasteiger charge is -2.15. The van der Waals surface area contributed by atoms with Crippen LogP contribution in [0.25, 0.3) is 11.1 Å². The summed E-state index contributed by atoms with van der Waals surface area (Å²) >= 11 is 0. The van der Waals surface area contributed by atoms with Gasteiger partial charge in [-0.05, 0) is 54.2 Å². The van der Waals surface area contributed by atoms with E-state index >= 15 is 0 Å². The van der Waals surface area contributed by atoms with Crippen LogP contribution in [-0.4, -0.2) is 40.7 Å². The normalized spacial score (nSPS) is 12.8. The summed E-state index contributed by atoms with van der Waals surface area (Å²) < 4.78 is 5.53. The van der Waals surface area contributed by atoms with Crippen LogP contribution in [0, 0.1) is 0 Å². The molecule has 2 aromatic carbocycles. The fourth-order valence-corrected chi connectivity index (χ4v) is 4.28. The van der Waals surface area contributed by atoms with Crippen molar-refractivity contribution in [1.82, 2.24) is 10.3 Å². The molecule has 180 valence electrons. The van der Waals surface area contributed by atoms with E-state index in [4.69, 9.17) is 9.84 Å². The molecule has 2 amide bonds. The third-order valence-electron chi connectivity index (χ3n) is 5.99. The molecule has 0 bridgehead atoms. The van der Waals surface area contributed by atoms with Gasteiger partial charge in [0.15, 0.2) is 0 Å². The number of carboxylic acid groups (broad SMARTS) is 1. The van der Waals surface area contributed by atoms with Crippen molar-refractivity contribution in [3.05, 3.63) is 83.7 Å². The summed E-state index contributed by atoms with van der Waals surface area (Å²) in [5, 5.41) is 14.1. The third-order valence-corrected chi connectivity index (χ3v) is 5.99. The fraction of sp³-hybridized carbons (Fsp3) is 0.259. The van der Waals surface area contributed by atoms with Gasteiger partial charge in [0.2, 0.25) is 0 Å². The van der Waals surface area contributed by atoms with E-state index in [1.807, 2.05) is 31.2 Å². The highest BCUT2D eigenvalue weighted by Crippen LogP contribution is 2.44. The quantitative estimate of drug-likeness (QED) is 0.410. The summed E-state index contributed by atoms with van der Waals surface area (Å²) in [6, 6.07) is 19.2. The number of carbonyl (C=O) groups excluding carboxylic acids is 2. The second-order valence-electron chi connectivity index (χ2n) is 8.54. The molecular formula is C27H27N3O5. The Bertz CT molecular complexity index is 1180. The number of fused-ring (bicyclic) bond motifs is 3. The Hall–Kier alpha value is -4.20. The molecular weight excluding hydrogens is 446 g/mol. The van der Waals surface area contributed by atoms with Crippen molar-refractivity contribution in [2.75, 3.05) is 11.9 Å². The van der Waals surface area contributed by atoms with Gasteiger partial charge >= 0.3 is 12.1 Å². The van der Waals surface area contributed by atoms with Crippen molar-refractivity contribution in [2.24, 2.45) is 0 Å². The van der Waals surface area contributed by atoms with Gasteiger partial charge in [0.25, 0.3) is 5.91 Å². The molecule has 1 aliphatic carbocycles. The molecule has 0 spiro atoms. The maximum Gasteiger partial charge on any atom is 0.411 e. The molecule has 8 heteroatoms. The molecule has 4 rings (SSSR count). The Labute approximate surface area is 203 Å². The van der Waals surface area contributed by atoms with E-state index in [1.54, 1.807) is 6.07 Å². The SMILES string of the molecule is CC(CCCC(=O)O)NC(=O)c1ccc(NC(=O)OCC2c3ccccc3-c3ccccc32)cn1. The molecule has 0 radical (unpaired) electrons. The third kappa shape index (κ3) is 5.84. The Morgan fingerprint density at radius 3 is 2.26 bits per heavy atom. The minimum Gasteiger partial charge on any atom is -0.481 e. The topological polar surface area (TPSA) is 118 Å². The smallest absolute Gasteiger partial charge is 0.411 e. The Morgan fingerprint density at radius 1 is 1.00 bits per heavy atom. The van der Waals surface area contributed by atoms with E-state index in [0.717, 1.165) is 22.3 Å². The highest BCUT2D eigenvalue weighted by Gasteiger charge is 2.29. The number of hydrogen-bond donors (Lipinski definition) is 3. The van der Waals surface area contributed by atoms with Crippen LogP contribution in [0.2, 0.25) is 0 Å². The predicted molar refractivity (Wildman–Crippen MR) is 131 cm³/mol. The average Bonchev–Trinajstić information content (AvgIpc) is 3.16. The first-order valence-electron chi connectivity index (χ1n) is 11.5. The van der Waals surface area contributed by atoms with Gasteiger partial charge in [-0.2, -0.15) is 0 Å². The molecule has 35 heavy (non-hydrogen) atoms. The maximum absolute atomic E-state index is 12.4. The van der Waals surface area contributed by atoms with Crippen molar-refractivity contribution in [1.29, 1.82) is 0 Å². The minimum absolute atomic E-state index is 0.0326. The van der Waals surface area contributed by atoms with Crippen molar-refractivity contribution < 1.29 is 24.2 Å². The van der Waals surface area contributed by atoms with Gasteiger partial charge in [-0.25, -0.2) is 9.78 Å². The summed E-state index contributed by atoms with van der Waals surface area (Å²) in [4.78, 5) is 39.5. The summed E-state index contributed by atoms with van der Waals surface area (Å²) in [5.41, 5.74) is 5.20. The highest BCUT2D eigenvalue weighted by molar-refractivity contribution is 5.93. The zero-order valence-corrected chi connectivity index (χ0v) is 19.4. The first-order chi connectivity index (χ1) is 16.9. The van der Waals surface area contributed by atoms with Crippen molar-refractivity contribution in [2.45, 2.75) is 38.1 Å². The second kappa shape index (κ2) is 10.8. The van der Waals surface area contributed by atoms with E-state index < -0.39 is 12.1 Å². The number of nitrogens with one attached hydrogen (secondary N) is 2. The average molecular weight is 474 g/mol. The van der Waals surface area contributed by atoms with Crippen LogP contribution >= 0.6 is 0 Å². The number of carbonyl (C=O) groups is 3. The Kier molecular flexibility index (Phi) is 7.40. The number of aliphatic carboxylic acids is 1. The summed E-state index contributed by atoms with van der Waals surface area (Å²) in [6.45, 7) is 2.01. The summed E-state index contributed by atoms with van der Waals surface area (Å²) in [6.07, 6.45) is 1.89. The molecule has 0 fully saturated rings. The molecule has 1 heterocycles. The number of benzene rings is 2. The monoisotopic (exact) mass is 473 g/mol. The summed E-state index contributed by atoms with van der Waals surface area (Å²) in [7, 11) is 0. The van der Waals surface area contributed by atoms with Crippen molar-refractivity contribution in [3.63, 3.8) is 0 Å². The number of rotatable bonds is 9. The van der Waals surface area contributed by atoms with Gasteiger partial charge in [0.1, 0.15) is 12.3 Å². The molecule has 1 unspecified atom stereocenters. The fourth-order valence-electron chi connectivity index (χ4n) is 4.28. The first kappa shape index (κ1) is 23.9. The molecule has 0 aliphatic heterocycles. The number of ether oxygens (including phenoxy) is 1. The summed E-state index contributed by atoms with van der Waals surface area (Å²) in [5.74, 6) is -1.25. The van der Waals surface area contributed by atoms with Crippen LogP contribution in [0.5, 0.6) is 0 Å². The lowest BCUT2D eigenvalue weighted by atomic mass is 9.98. The van der Waals surface area contributed by atoms with Crippen molar-refractivity contribution >= 4 is 23.7 Å². The number of aromatic nitrogens is 1. The lowest BCUT2D eigenvalue weighted by Crippen LogP contribution is -2.33. The number of pyridine rings is 1. The van der Waals surface area contributed by atoms with Gasteiger partial charge in [0.05, 0.1) is 11.9 Å². The molecule has 3 aromatic rings. The largest absolute Gasteiger partial charge is 0.481 e. The van der Waals surface area contributed by atoms with Gasteiger partial charge in [0, 0.05) is 18.4 Å². The standard InChI is InChI=1S/C27H27N3O5/c1-17(7-6-12-25(31)32)29-26(33)24-14-13-18(15-28-24)30-27(34)35-16-23-21-10-4-2-8-19(21)20-9-3-5-11-22(20)23/h2-5,8-11,13-15,17,23H,6-7,12,16H2,1H3,(H,29,33)(H,30,34)(H,31,32). The molecule has 0 saturated carbocycles. The van der Waals surface area contributed by atoms with E-state index in [-0.39, 0.29) is 36.6 Å². The van der Waals surface area contributed by atoms with Crippen LogP contribution in [0.3, 0.4) is 0 Å². The molecule has 8 nitrogen and oxygen atoms in total. The van der Waals surface area contributed by atoms with Gasteiger partial charge in [-0.15, -0.1) is 0 Å². The molecule has 1 aliphatic rings. The first-order valence-corrected chi connectivity index (χ1v) is 11.5. The van der Waals surface area contributed by atoms with Gasteiger partial charge in [-0.3, -0.25) is 14.9 Å². The van der Waals surface area contributed by atoms with E-state index in [2.05, 4.69) is 39.9 Å². The lowest BCUT2D eigenvalue weighted by molar-refractivity contribution is -0.137. The van der Waals surface area contributed by atoms with Crippen LogP contribution in [0.4, 0.5) is 10.5 Å².